The second-order valence-corrected chi connectivity index (χ2v) is 5.29. The molecule has 0 bridgehead atoms. The molecule has 90 valence electrons. The summed E-state index contributed by atoms with van der Waals surface area (Å²) in [6.45, 7) is 7.94. The molecule has 0 spiro atoms. The number of benzene rings is 1. The van der Waals surface area contributed by atoms with E-state index in [1.165, 1.54) is 9.13 Å². The number of likely N-dealkylation sites (N-methyl/N-ethyl adjacent to an activating group) is 1. The van der Waals surface area contributed by atoms with Gasteiger partial charge in [0.1, 0.15) is 0 Å². The summed E-state index contributed by atoms with van der Waals surface area (Å²) in [6, 6.07) is 8.85. The lowest BCUT2D eigenvalue weighted by Crippen LogP contribution is -2.26. The van der Waals surface area contributed by atoms with Crippen LogP contribution in [0.2, 0.25) is 0 Å². The van der Waals surface area contributed by atoms with E-state index >= 15 is 0 Å². The highest BCUT2D eigenvalue weighted by molar-refractivity contribution is 14.1. The first-order valence-electron chi connectivity index (χ1n) is 5.74. The number of halogens is 1. The van der Waals surface area contributed by atoms with Crippen LogP contribution in [-0.4, -0.2) is 19.3 Å². The van der Waals surface area contributed by atoms with Gasteiger partial charge >= 0.3 is 0 Å². The molecule has 0 radical (unpaired) electrons. The van der Waals surface area contributed by atoms with E-state index in [1.807, 2.05) is 0 Å². The second-order valence-electron chi connectivity index (χ2n) is 4.05. The van der Waals surface area contributed by atoms with Crippen LogP contribution in [-0.2, 0) is 4.74 Å². The second kappa shape index (κ2) is 7.25. The first-order valence-corrected chi connectivity index (χ1v) is 6.81. The third-order valence-electron chi connectivity index (χ3n) is 2.30. The summed E-state index contributed by atoms with van der Waals surface area (Å²) >= 11 is 2.34. The molecule has 3 heteroatoms. The van der Waals surface area contributed by atoms with Gasteiger partial charge in [-0.3, -0.25) is 0 Å². The number of ether oxygens (including phenoxy) is 1. The van der Waals surface area contributed by atoms with E-state index in [2.05, 4.69) is 72.9 Å². The van der Waals surface area contributed by atoms with E-state index in [9.17, 15) is 0 Å². The van der Waals surface area contributed by atoms with Crippen LogP contribution < -0.4 is 5.32 Å². The Morgan fingerprint density at radius 1 is 1.38 bits per heavy atom. The van der Waals surface area contributed by atoms with Gasteiger partial charge in [0.15, 0.2) is 0 Å². The molecule has 0 fully saturated rings. The van der Waals surface area contributed by atoms with Crippen LogP contribution in [0.1, 0.15) is 32.4 Å². The molecule has 0 aliphatic rings. The molecular weight excluding hydrogens is 313 g/mol. The maximum Gasteiger partial charge on any atom is 0.0664 e. The summed E-state index contributed by atoms with van der Waals surface area (Å²) in [7, 11) is 0. The Bertz CT molecular complexity index is 315. The van der Waals surface area contributed by atoms with Crippen LogP contribution in [0.4, 0.5) is 0 Å². The molecule has 1 unspecified atom stereocenters. The third kappa shape index (κ3) is 4.80. The van der Waals surface area contributed by atoms with Crippen molar-refractivity contribution in [3.63, 3.8) is 0 Å². The summed E-state index contributed by atoms with van der Waals surface area (Å²) < 4.78 is 6.95. The molecule has 1 atom stereocenters. The quantitative estimate of drug-likeness (QED) is 0.806. The van der Waals surface area contributed by atoms with E-state index in [0.717, 1.165) is 13.2 Å². The molecule has 1 aromatic rings. The lowest BCUT2D eigenvalue weighted by molar-refractivity contribution is 0.0614. The van der Waals surface area contributed by atoms with E-state index in [-0.39, 0.29) is 6.10 Å². The Balaban J connectivity index is 2.68. The normalized spacial score (nSPS) is 13.1. The van der Waals surface area contributed by atoms with Crippen LogP contribution in [0.3, 0.4) is 0 Å². The Labute approximate surface area is 112 Å². The standard InChI is InChI=1S/C13H20INO/c1-4-15-13(9-16-10(2)3)11-6-5-7-12(14)8-11/h5-8,10,13,15H,4,9H2,1-3H3. The lowest BCUT2D eigenvalue weighted by atomic mass is 10.1. The average Bonchev–Trinajstić information content (AvgIpc) is 2.24. The van der Waals surface area contributed by atoms with Gasteiger partial charge in [-0.1, -0.05) is 19.1 Å². The molecule has 1 aromatic carbocycles. The lowest BCUT2D eigenvalue weighted by Gasteiger charge is -2.20. The van der Waals surface area contributed by atoms with Gasteiger partial charge < -0.3 is 10.1 Å². The molecule has 0 aliphatic carbocycles. The zero-order valence-corrected chi connectivity index (χ0v) is 12.3. The first-order chi connectivity index (χ1) is 7.63. The highest BCUT2D eigenvalue weighted by Crippen LogP contribution is 2.16. The molecule has 1 rings (SSSR count). The summed E-state index contributed by atoms with van der Waals surface area (Å²) in [6.07, 6.45) is 0.281. The number of hydrogen-bond acceptors (Lipinski definition) is 2. The largest absolute Gasteiger partial charge is 0.377 e. The Hall–Kier alpha value is -0.130. The average molecular weight is 333 g/mol. The van der Waals surface area contributed by atoms with Crippen LogP contribution in [0.5, 0.6) is 0 Å². The molecule has 1 N–H and O–H groups in total. The fourth-order valence-electron chi connectivity index (χ4n) is 1.53. The van der Waals surface area contributed by atoms with Crippen molar-refractivity contribution in [2.75, 3.05) is 13.2 Å². The van der Waals surface area contributed by atoms with Crippen LogP contribution in [0.15, 0.2) is 24.3 Å². The molecule has 2 nitrogen and oxygen atoms in total. The van der Waals surface area contributed by atoms with Crippen LogP contribution >= 0.6 is 22.6 Å². The molecule has 0 heterocycles. The minimum absolute atomic E-state index is 0.281. The summed E-state index contributed by atoms with van der Waals surface area (Å²) in [5.41, 5.74) is 1.30. The van der Waals surface area contributed by atoms with Gasteiger partial charge in [-0.25, -0.2) is 0 Å². The SMILES string of the molecule is CCNC(COC(C)C)c1cccc(I)c1. The summed E-state index contributed by atoms with van der Waals surface area (Å²) in [5.74, 6) is 0. The number of nitrogens with one attached hydrogen (secondary N) is 1. The van der Waals surface area contributed by atoms with Gasteiger partial charge in [0, 0.05) is 3.57 Å². The monoisotopic (exact) mass is 333 g/mol. The van der Waals surface area contributed by atoms with Gasteiger partial charge in [-0.15, -0.1) is 0 Å². The van der Waals surface area contributed by atoms with Crippen LogP contribution in [0.25, 0.3) is 0 Å². The van der Waals surface area contributed by atoms with Crippen molar-refractivity contribution >= 4 is 22.6 Å². The minimum atomic E-state index is 0.281. The van der Waals surface area contributed by atoms with Gasteiger partial charge in [0.05, 0.1) is 18.8 Å². The van der Waals surface area contributed by atoms with Crippen molar-refractivity contribution in [1.29, 1.82) is 0 Å². The molecule has 0 amide bonds. The van der Waals surface area contributed by atoms with Crippen molar-refractivity contribution in [1.82, 2.24) is 5.32 Å². The van der Waals surface area contributed by atoms with Crippen molar-refractivity contribution in [3.8, 4) is 0 Å². The number of hydrogen-bond donors (Lipinski definition) is 1. The van der Waals surface area contributed by atoms with Gasteiger partial charge in [-0.2, -0.15) is 0 Å². The van der Waals surface area contributed by atoms with Crippen LogP contribution in [0, 0.1) is 3.57 Å². The Morgan fingerprint density at radius 2 is 2.12 bits per heavy atom. The van der Waals surface area contributed by atoms with Crippen molar-refractivity contribution in [3.05, 3.63) is 33.4 Å². The number of rotatable bonds is 6. The van der Waals surface area contributed by atoms with E-state index < -0.39 is 0 Å². The Kier molecular flexibility index (Phi) is 6.31. The van der Waals surface area contributed by atoms with Gasteiger partial charge in [0.25, 0.3) is 0 Å². The minimum Gasteiger partial charge on any atom is -0.377 e. The smallest absolute Gasteiger partial charge is 0.0664 e. The van der Waals surface area contributed by atoms with E-state index in [4.69, 9.17) is 4.74 Å². The van der Waals surface area contributed by atoms with E-state index in [1.54, 1.807) is 0 Å². The fourth-order valence-corrected chi connectivity index (χ4v) is 2.10. The molecule has 0 aliphatic heterocycles. The van der Waals surface area contributed by atoms with Crippen molar-refractivity contribution < 1.29 is 4.74 Å². The first kappa shape index (κ1) is 13.9. The summed E-state index contributed by atoms with van der Waals surface area (Å²) in [4.78, 5) is 0. The van der Waals surface area contributed by atoms with Gasteiger partial charge in [0.2, 0.25) is 0 Å². The van der Waals surface area contributed by atoms with Gasteiger partial charge in [-0.05, 0) is 60.7 Å². The predicted molar refractivity (Wildman–Crippen MR) is 76.7 cm³/mol. The zero-order valence-electron chi connectivity index (χ0n) is 10.2. The zero-order chi connectivity index (χ0) is 12.0. The molecule has 16 heavy (non-hydrogen) atoms. The fraction of sp³-hybridized carbons (Fsp3) is 0.538. The topological polar surface area (TPSA) is 21.3 Å². The molecular formula is C13H20INO. The summed E-state index contributed by atoms with van der Waals surface area (Å²) in [5, 5.41) is 3.45. The van der Waals surface area contributed by atoms with Crippen molar-refractivity contribution in [2.45, 2.75) is 32.9 Å². The van der Waals surface area contributed by atoms with E-state index in [0.29, 0.717) is 6.04 Å². The maximum atomic E-state index is 5.69. The highest BCUT2D eigenvalue weighted by atomic mass is 127. The molecule has 0 saturated carbocycles. The maximum absolute atomic E-state index is 5.69. The molecule has 0 aromatic heterocycles. The molecule has 0 saturated heterocycles. The predicted octanol–water partition coefficient (Wildman–Crippen LogP) is 3.37. The van der Waals surface area contributed by atoms with Crippen molar-refractivity contribution in [2.24, 2.45) is 0 Å². The Morgan fingerprint density at radius 3 is 2.69 bits per heavy atom. The highest BCUT2D eigenvalue weighted by Gasteiger charge is 2.11. The third-order valence-corrected chi connectivity index (χ3v) is 2.97.